The third-order valence-electron chi connectivity index (χ3n) is 8.79. The van der Waals surface area contributed by atoms with Crippen LogP contribution in [-0.2, 0) is 37.5 Å². The van der Waals surface area contributed by atoms with Gasteiger partial charge in [0.2, 0.25) is 12.3 Å². The number of hydrogen-bond donors (Lipinski definition) is 1. The van der Waals surface area contributed by atoms with Crippen molar-refractivity contribution in [1.82, 2.24) is 24.3 Å². The van der Waals surface area contributed by atoms with E-state index in [1.165, 1.54) is 48.4 Å². The number of carbonyl (C=O) groups is 3. The number of aryl methyl sites for hydroxylation is 1. The molecule has 1 aromatic heterocycles. The van der Waals surface area contributed by atoms with Crippen LogP contribution >= 0.6 is 0 Å². The second-order valence-corrected chi connectivity index (χ2v) is 11.2. The second kappa shape index (κ2) is 14.7. The molecule has 0 saturated carbocycles. The van der Waals surface area contributed by atoms with Gasteiger partial charge in [-0.1, -0.05) is 12.1 Å². The first kappa shape index (κ1) is 30.9. The summed E-state index contributed by atoms with van der Waals surface area (Å²) in [5, 5.41) is 2.59. The van der Waals surface area contributed by atoms with Gasteiger partial charge in [-0.2, -0.15) is 0 Å². The summed E-state index contributed by atoms with van der Waals surface area (Å²) in [5.41, 5.74) is 1.90. The van der Waals surface area contributed by atoms with Crippen molar-refractivity contribution in [2.45, 2.75) is 82.2 Å². The smallest absolute Gasteiger partial charge is 0.329 e. The monoisotopic (exact) mass is 571 g/mol. The zero-order valence-corrected chi connectivity index (χ0v) is 24.6. The number of aromatic nitrogens is 2. The van der Waals surface area contributed by atoms with Crippen molar-refractivity contribution in [3.05, 3.63) is 34.2 Å². The molecule has 2 aromatic rings. The first-order valence-electron chi connectivity index (χ1n) is 14.8. The van der Waals surface area contributed by atoms with Gasteiger partial charge in [0.05, 0.1) is 30.4 Å². The molecule has 1 aromatic carbocycles. The van der Waals surface area contributed by atoms with Crippen LogP contribution in [0.4, 0.5) is 0 Å². The molecule has 11 nitrogen and oxygen atoms in total. The first-order valence-corrected chi connectivity index (χ1v) is 14.8. The standard InChI is InChI=1S/C21H28N4O5.C9H17NO/c1-22-20(28)18(7-4-12-26)25-17-6-3-5-15(19(17)23(2)21(25)29)13-30-16-8-10-24(14-27)11-9-16;1-11-7-9-5-4-8-3-2-6-10(8)9/h3,5-6,12,14,16,18H,4,7-11,13H2,1-2H3,(H,22,28);8-9H,2-7H2,1H3. The normalized spacial score (nSPS) is 21.8. The van der Waals surface area contributed by atoms with E-state index in [0.29, 0.717) is 30.7 Å². The summed E-state index contributed by atoms with van der Waals surface area (Å²) in [7, 11) is 5.00. The average molecular weight is 572 g/mol. The van der Waals surface area contributed by atoms with Gasteiger partial charge in [-0.05, 0) is 57.6 Å². The third-order valence-corrected chi connectivity index (χ3v) is 8.79. The van der Waals surface area contributed by atoms with Crippen LogP contribution in [0.25, 0.3) is 11.0 Å². The highest BCUT2D eigenvalue weighted by molar-refractivity contribution is 5.85. The number of nitrogens with zero attached hydrogens (tertiary/aromatic N) is 4. The summed E-state index contributed by atoms with van der Waals surface area (Å²) >= 11 is 0. The third kappa shape index (κ3) is 7.07. The highest BCUT2D eigenvalue weighted by Crippen LogP contribution is 2.32. The Kier molecular flexibility index (Phi) is 11.1. The lowest BCUT2D eigenvalue weighted by atomic mass is 10.1. The maximum Gasteiger partial charge on any atom is 0.329 e. The Morgan fingerprint density at radius 2 is 1.90 bits per heavy atom. The first-order chi connectivity index (χ1) is 19.9. The molecule has 1 N–H and O–H groups in total. The molecule has 41 heavy (non-hydrogen) atoms. The summed E-state index contributed by atoms with van der Waals surface area (Å²) < 4.78 is 14.3. The number of likely N-dealkylation sites (N-methyl/N-ethyl adjacent to an activating group) is 1. The van der Waals surface area contributed by atoms with Crippen molar-refractivity contribution in [2.75, 3.05) is 40.4 Å². The fraction of sp³-hybridized carbons (Fsp3) is 0.667. The van der Waals surface area contributed by atoms with E-state index in [-0.39, 0.29) is 30.5 Å². The number of hydrogen-bond acceptors (Lipinski definition) is 7. The number of fused-ring (bicyclic) bond motifs is 2. The molecule has 3 fully saturated rings. The molecule has 2 amide bonds. The van der Waals surface area contributed by atoms with Gasteiger partial charge < -0.3 is 24.5 Å². The minimum absolute atomic E-state index is 0.0572. The maximum absolute atomic E-state index is 13.0. The van der Waals surface area contributed by atoms with Crippen LogP contribution in [0.1, 0.15) is 63.0 Å². The van der Waals surface area contributed by atoms with Crippen LogP contribution in [0.2, 0.25) is 0 Å². The van der Waals surface area contributed by atoms with E-state index in [1.54, 1.807) is 18.0 Å². The molecular weight excluding hydrogens is 526 g/mol. The molecule has 4 heterocycles. The van der Waals surface area contributed by atoms with Gasteiger partial charge in [0, 0.05) is 58.4 Å². The lowest BCUT2D eigenvalue weighted by Gasteiger charge is -2.29. The van der Waals surface area contributed by atoms with Crippen molar-refractivity contribution in [3.8, 4) is 0 Å². The van der Waals surface area contributed by atoms with Gasteiger partial charge in [-0.25, -0.2) is 4.79 Å². The van der Waals surface area contributed by atoms with E-state index in [1.807, 2.05) is 19.2 Å². The Labute approximate surface area is 241 Å². The molecule has 11 heteroatoms. The SMILES string of the molecule is CNC(=O)C(CCC=O)n1c(=O)n(C)c2c(COC3CCN(C=O)CC3)cccc21.COCC1CCC2CCCN21. The van der Waals surface area contributed by atoms with Crippen molar-refractivity contribution in [1.29, 1.82) is 0 Å². The van der Waals surface area contributed by atoms with Gasteiger partial charge in [-0.15, -0.1) is 0 Å². The van der Waals surface area contributed by atoms with Gasteiger partial charge in [-0.3, -0.25) is 23.6 Å². The number of ether oxygens (including phenoxy) is 2. The topological polar surface area (TPSA) is 115 Å². The summed E-state index contributed by atoms with van der Waals surface area (Å²) in [6.45, 7) is 3.95. The molecule has 0 aliphatic carbocycles. The highest BCUT2D eigenvalue weighted by atomic mass is 16.5. The predicted octanol–water partition coefficient (Wildman–Crippen LogP) is 2.00. The van der Waals surface area contributed by atoms with E-state index in [0.717, 1.165) is 49.8 Å². The Morgan fingerprint density at radius 1 is 1.12 bits per heavy atom. The Hall–Kier alpha value is -3.02. The number of piperidine rings is 1. The summed E-state index contributed by atoms with van der Waals surface area (Å²) in [4.78, 5) is 51.6. The molecule has 226 valence electrons. The molecule has 3 unspecified atom stereocenters. The molecule has 0 radical (unpaired) electrons. The van der Waals surface area contributed by atoms with Gasteiger partial charge in [0.1, 0.15) is 12.3 Å². The molecule has 5 rings (SSSR count). The number of methoxy groups -OCH3 is 1. The number of aldehydes is 1. The largest absolute Gasteiger partial charge is 0.383 e. The fourth-order valence-corrected chi connectivity index (χ4v) is 6.63. The van der Waals surface area contributed by atoms with E-state index in [4.69, 9.17) is 9.47 Å². The van der Waals surface area contributed by atoms with Crippen molar-refractivity contribution < 1.29 is 23.9 Å². The number of carbonyl (C=O) groups excluding carboxylic acids is 3. The maximum atomic E-state index is 13.0. The summed E-state index contributed by atoms with van der Waals surface area (Å²) in [5.74, 6) is -0.310. The molecule has 3 atom stereocenters. The van der Waals surface area contributed by atoms with Crippen molar-refractivity contribution in [3.63, 3.8) is 0 Å². The van der Waals surface area contributed by atoms with Gasteiger partial charge in [0.15, 0.2) is 0 Å². The van der Waals surface area contributed by atoms with Gasteiger partial charge in [0.25, 0.3) is 0 Å². The molecule has 3 saturated heterocycles. The predicted molar refractivity (Wildman–Crippen MR) is 156 cm³/mol. The van der Waals surface area contributed by atoms with Crippen LogP contribution in [0, 0.1) is 0 Å². The Morgan fingerprint density at radius 3 is 2.59 bits per heavy atom. The number of nitrogens with one attached hydrogen (secondary N) is 1. The molecule has 0 bridgehead atoms. The van der Waals surface area contributed by atoms with Crippen LogP contribution in [0.15, 0.2) is 23.0 Å². The number of benzene rings is 1. The lowest BCUT2D eigenvalue weighted by molar-refractivity contribution is -0.124. The molecular formula is C30H45N5O6. The zero-order chi connectivity index (χ0) is 29.4. The summed E-state index contributed by atoms with van der Waals surface area (Å²) in [6, 6.07) is 6.45. The van der Waals surface area contributed by atoms with Crippen LogP contribution in [0.3, 0.4) is 0 Å². The van der Waals surface area contributed by atoms with E-state index in [2.05, 4.69) is 10.2 Å². The van der Waals surface area contributed by atoms with Crippen LogP contribution < -0.4 is 11.0 Å². The second-order valence-electron chi connectivity index (χ2n) is 11.2. The number of likely N-dealkylation sites (tertiary alicyclic amines) is 1. The molecule has 3 aliphatic heterocycles. The quantitative estimate of drug-likeness (QED) is 0.410. The van der Waals surface area contributed by atoms with Crippen molar-refractivity contribution >= 4 is 29.6 Å². The average Bonchev–Trinajstić information content (AvgIpc) is 3.69. The number of imidazole rings is 1. The minimum Gasteiger partial charge on any atom is -0.383 e. The lowest BCUT2D eigenvalue weighted by Crippen LogP contribution is -2.36. The van der Waals surface area contributed by atoms with Crippen LogP contribution in [-0.4, -0.2) is 96.1 Å². The fourth-order valence-electron chi connectivity index (χ4n) is 6.63. The number of amides is 2. The number of para-hydroxylation sites is 1. The summed E-state index contributed by atoms with van der Waals surface area (Å²) in [6.07, 6.45) is 9.27. The zero-order valence-electron chi connectivity index (χ0n) is 24.6. The Balaban J connectivity index is 0.000000291. The minimum atomic E-state index is -0.764. The van der Waals surface area contributed by atoms with Crippen LogP contribution in [0.5, 0.6) is 0 Å². The van der Waals surface area contributed by atoms with Crippen molar-refractivity contribution in [2.24, 2.45) is 7.05 Å². The molecule has 3 aliphatic rings. The Bertz CT molecular complexity index is 1230. The van der Waals surface area contributed by atoms with Gasteiger partial charge >= 0.3 is 5.69 Å². The highest BCUT2D eigenvalue weighted by Gasteiger charge is 2.36. The van der Waals surface area contributed by atoms with E-state index < -0.39 is 6.04 Å². The van der Waals surface area contributed by atoms with E-state index >= 15 is 0 Å². The van der Waals surface area contributed by atoms with E-state index in [9.17, 15) is 19.2 Å². The number of rotatable bonds is 11. The molecule has 0 spiro atoms.